The maximum absolute atomic E-state index is 4.05. The van der Waals surface area contributed by atoms with Crippen molar-refractivity contribution in [1.29, 1.82) is 0 Å². The maximum atomic E-state index is 4.05. The molecule has 0 aromatic heterocycles. The molecule has 2 nitrogen and oxygen atoms in total. The monoisotopic (exact) mass is 284 g/mol. The van der Waals surface area contributed by atoms with E-state index in [9.17, 15) is 0 Å². The van der Waals surface area contributed by atoms with Crippen molar-refractivity contribution in [2.24, 2.45) is 5.92 Å². The van der Waals surface area contributed by atoms with Crippen molar-refractivity contribution >= 4 is 0 Å². The first-order valence-electron chi connectivity index (χ1n) is 8.96. The Hall–Kier alpha value is -0.860. The van der Waals surface area contributed by atoms with Gasteiger partial charge >= 0.3 is 0 Å². The summed E-state index contributed by atoms with van der Waals surface area (Å²) in [6.07, 6.45) is 10.9. The highest BCUT2D eigenvalue weighted by Crippen LogP contribution is 2.32. The lowest BCUT2D eigenvalue weighted by molar-refractivity contribution is 0.201. The fraction of sp³-hybridized carbons (Fsp3) is 0.684. The van der Waals surface area contributed by atoms with Crippen LogP contribution >= 0.6 is 0 Å². The normalized spacial score (nSPS) is 33.2. The van der Waals surface area contributed by atoms with Gasteiger partial charge in [-0.05, 0) is 62.1 Å². The molecule has 0 bridgehead atoms. The summed E-state index contributed by atoms with van der Waals surface area (Å²) in [6, 6.07) is 11.2. The zero-order chi connectivity index (χ0) is 14.1. The van der Waals surface area contributed by atoms with Gasteiger partial charge in [-0.1, -0.05) is 37.1 Å². The minimum atomic E-state index is 0.675. The van der Waals surface area contributed by atoms with E-state index in [0.717, 1.165) is 18.0 Å². The second-order valence-electron chi connectivity index (χ2n) is 7.30. The van der Waals surface area contributed by atoms with Gasteiger partial charge < -0.3 is 10.6 Å². The van der Waals surface area contributed by atoms with Crippen LogP contribution in [0.15, 0.2) is 24.3 Å². The Labute approximate surface area is 128 Å². The van der Waals surface area contributed by atoms with Crippen LogP contribution in [-0.2, 0) is 12.8 Å². The van der Waals surface area contributed by atoms with Gasteiger partial charge in [0.1, 0.15) is 0 Å². The average molecular weight is 284 g/mol. The van der Waals surface area contributed by atoms with Gasteiger partial charge in [0, 0.05) is 18.1 Å². The average Bonchev–Trinajstić information content (AvgIpc) is 3.16. The quantitative estimate of drug-likeness (QED) is 0.891. The summed E-state index contributed by atoms with van der Waals surface area (Å²) < 4.78 is 0. The van der Waals surface area contributed by atoms with E-state index in [-0.39, 0.29) is 0 Å². The van der Waals surface area contributed by atoms with E-state index in [1.165, 1.54) is 57.9 Å². The molecule has 3 unspecified atom stereocenters. The van der Waals surface area contributed by atoms with E-state index in [4.69, 9.17) is 0 Å². The molecule has 1 heterocycles. The molecule has 2 aliphatic carbocycles. The first-order chi connectivity index (χ1) is 10.4. The topological polar surface area (TPSA) is 24.1 Å². The molecule has 1 aromatic carbocycles. The van der Waals surface area contributed by atoms with Crippen molar-refractivity contribution in [2.75, 3.05) is 6.54 Å². The van der Waals surface area contributed by atoms with Crippen molar-refractivity contribution in [2.45, 2.75) is 69.5 Å². The summed E-state index contributed by atoms with van der Waals surface area (Å²) in [5, 5.41) is 7.81. The summed E-state index contributed by atoms with van der Waals surface area (Å²) in [6.45, 7) is 1.24. The minimum absolute atomic E-state index is 0.675. The first-order valence-corrected chi connectivity index (χ1v) is 8.96. The van der Waals surface area contributed by atoms with Crippen molar-refractivity contribution < 1.29 is 0 Å². The number of nitrogens with one attached hydrogen (secondary N) is 2. The number of rotatable bonds is 3. The lowest BCUT2D eigenvalue weighted by atomic mass is 9.79. The molecule has 4 rings (SSSR count). The van der Waals surface area contributed by atoms with Crippen LogP contribution in [0.2, 0.25) is 0 Å². The van der Waals surface area contributed by atoms with Crippen LogP contribution in [0.4, 0.5) is 0 Å². The molecule has 2 heteroatoms. The Morgan fingerprint density at radius 3 is 2.38 bits per heavy atom. The summed E-state index contributed by atoms with van der Waals surface area (Å²) >= 11 is 0. The standard InChI is InChI=1S/C19H28N2/c1-2-7-15-13-16(12-14(15)6-1)21-19-9-4-3-8-17(19)18-10-5-11-20-18/h1-2,6-7,16-21H,3-5,8-13H2. The van der Waals surface area contributed by atoms with Gasteiger partial charge in [-0.25, -0.2) is 0 Å². The fourth-order valence-corrected chi connectivity index (χ4v) is 4.90. The molecule has 1 saturated carbocycles. The highest BCUT2D eigenvalue weighted by molar-refractivity contribution is 5.33. The first kappa shape index (κ1) is 13.8. The van der Waals surface area contributed by atoms with Crippen molar-refractivity contribution in [3.63, 3.8) is 0 Å². The molecule has 0 radical (unpaired) electrons. The van der Waals surface area contributed by atoms with Crippen LogP contribution in [0.1, 0.15) is 49.7 Å². The smallest absolute Gasteiger partial charge is 0.0151 e. The number of hydrogen-bond donors (Lipinski definition) is 2. The third-order valence-electron chi connectivity index (χ3n) is 5.94. The molecule has 3 aliphatic rings. The molecule has 3 atom stereocenters. The molecule has 1 aromatic rings. The van der Waals surface area contributed by atoms with Gasteiger partial charge in [0.05, 0.1) is 0 Å². The second-order valence-corrected chi connectivity index (χ2v) is 7.30. The van der Waals surface area contributed by atoms with E-state index in [2.05, 4.69) is 34.9 Å². The van der Waals surface area contributed by atoms with E-state index in [0.29, 0.717) is 6.04 Å². The lowest BCUT2D eigenvalue weighted by Crippen LogP contribution is -2.50. The minimum Gasteiger partial charge on any atom is -0.314 e. The summed E-state index contributed by atoms with van der Waals surface area (Å²) in [4.78, 5) is 0. The van der Waals surface area contributed by atoms with E-state index >= 15 is 0 Å². The van der Waals surface area contributed by atoms with E-state index in [1.54, 1.807) is 11.1 Å². The van der Waals surface area contributed by atoms with Crippen LogP contribution in [0.3, 0.4) is 0 Å². The van der Waals surface area contributed by atoms with Gasteiger partial charge in [0.2, 0.25) is 0 Å². The molecule has 21 heavy (non-hydrogen) atoms. The predicted octanol–water partition coefficient (Wildman–Crippen LogP) is 3.05. The third-order valence-corrected chi connectivity index (χ3v) is 5.94. The zero-order valence-electron chi connectivity index (χ0n) is 13.0. The molecule has 0 spiro atoms. The zero-order valence-corrected chi connectivity index (χ0v) is 13.0. The van der Waals surface area contributed by atoms with E-state index < -0.39 is 0 Å². The van der Waals surface area contributed by atoms with Gasteiger partial charge in [-0.15, -0.1) is 0 Å². The molecule has 1 aliphatic heterocycles. The van der Waals surface area contributed by atoms with Gasteiger partial charge in [0.25, 0.3) is 0 Å². The Balaban J connectivity index is 1.41. The third kappa shape index (κ3) is 2.89. The van der Waals surface area contributed by atoms with Gasteiger partial charge in [-0.2, -0.15) is 0 Å². The second kappa shape index (κ2) is 6.10. The Kier molecular flexibility index (Phi) is 4.00. The highest BCUT2D eigenvalue weighted by atomic mass is 15.0. The molecule has 1 saturated heterocycles. The van der Waals surface area contributed by atoms with Crippen molar-refractivity contribution in [1.82, 2.24) is 10.6 Å². The fourth-order valence-electron chi connectivity index (χ4n) is 4.90. The van der Waals surface area contributed by atoms with Crippen molar-refractivity contribution in [3.05, 3.63) is 35.4 Å². The Morgan fingerprint density at radius 2 is 1.67 bits per heavy atom. The summed E-state index contributed by atoms with van der Waals surface area (Å²) in [7, 11) is 0. The molecular weight excluding hydrogens is 256 g/mol. The number of fused-ring (bicyclic) bond motifs is 1. The highest BCUT2D eigenvalue weighted by Gasteiger charge is 2.35. The number of hydrogen-bond acceptors (Lipinski definition) is 2. The van der Waals surface area contributed by atoms with Crippen LogP contribution in [0.5, 0.6) is 0 Å². The predicted molar refractivity (Wildman–Crippen MR) is 87.5 cm³/mol. The Morgan fingerprint density at radius 1 is 0.905 bits per heavy atom. The molecular formula is C19H28N2. The number of benzene rings is 1. The van der Waals surface area contributed by atoms with Crippen molar-refractivity contribution in [3.8, 4) is 0 Å². The van der Waals surface area contributed by atoms with Crippen LogP contribution in [0, 0.1) is 5.92 Å². The summed E-state index contributed by atoms with van der Waals surface area (Å²) in [5.41, 5.74) is 3.14. The van der Waals surface area contributed by atoms with E-state index in [1.807, 2.05) is 0 Å². The lowest BCUT2D eigenvalue weighted by Gasteiger charge is -2.38. The van der Waals surface area contributed by atoms with Gasteiger partial charge in [0.15, 0.2) is 0 Å². The van der Waals surface area contributed by atoms with Crippen LogP contribution in [0.25, 0.3) is 0 Å². The van der Waals surface area contributed by atoms with Crippen LogP contribution in [-0.4, -0.2) is 24.7 Å². The summed E-state index contributed by atoms with van der Waals surface area (Å²) in [5.74, 6) is 0.866. The SMILES string of the molecule is c1ccc2c(c1)CC(NC1CCCCC1C1CCCN1)C2. The maximum Gasteiger partial charge on any atom is 0.0151 e. The molecule has 2 N–H and O–H groups in total. The van der Waals surface area contributed by atoms with Crippen LogP contribution < -0.4 is 10.6 Å². The largest absolute Gasteiger partial charge is 0.314 e. The molecule has 114 valence electrons. The molecule has 0 amide bonds. The Bertz CT molecular complexity index is 453. The molecule has 2 fully saturated rings. The van der Waals surface area contributed by atoms with Gasteiger partial charge in [-0.3, -0.25) is 0 Å².